The Morgan fingerprint density at radius 3 is 3.06 bits per heavy atom. The van der Waals surface area contributed by atoms with E-state index in [-0.39, 0.29) is 11.7 Å². The van der Waals surface area contributed by atoms with Crippen molar-refractivity contribution in [2.24, 2.45) is 5.92 Å². The molecule has 1 aliphatic rings. The Morgan fingerprint density at radius 1 is 1.56 bits per heavy atom. The van der Waals surface area contributed by atoms with Gasteiger partial charge in [-0.15, -0.1) is 0 Å². The summed E-state index contributed by atoms with van der Waals surface area (Å²) in [6.07, 6.45) is 2.03. The van der Waals surface area contributed by atoms with Crippen LogP contribution in [0.15, 0.2) is 18.2 Å². The standard InChI is InChI=1S/C13H16INO3/c14-11-2-1-10(7-12(11)16)13(17)15-5-3-9-4-6-18-8-9/h1-2,7,9,16H,3-6,8H2,(H,15,17). The second-order valence-corrected chi connectivity index (χ2v) is 5.60. The largest absolute Gasteiger partial charge is 0.507 e. The molecule has 1 amide bonds. The van der Waals surface area contributed by atoms with E-state index in [2.05, 4.69) is 5.32 Å². The molecule has 0 aliphatic carbocycles. The molecular formula is C13H16INO3. The summed E-state index contributed by atoms with van der Waals surface area (Å²) in [5.41, 5.74) is 0.496. The number of nitrogens with one attached hydrogen (secondary N) is 1. The monoisotopic (exact) mass is 361 g/mol. The Balaban J connectivity index is 1.81. The van der Waals surface area contributed by atoms with Gasteiger partial charge in [0.15, 0.2) is 0 Å². The van der Waals surface area contributed by atoms with Crippen LogP contribution < -0.4 is 5.32 Å². The Labute approximate surface area is 120 Å². The van der Waals surface area contributed by atoms with Gasteiger partial charge in [0.05, 0.1) is 3.57 Å². The van der Waals surface area contributed by atoms with Crippen LogP contribution in [0.3, 0.4) is 0 Å². The third kappa shape index (κ3) is 3.58. The van der Waals surface area contributed by atoms with Gasteiger partial charge in [-0.05, 0) is 59.5 Å². The summed E-state index contributed by atoms with van der Waals surface area (Å²) >= 11 is 2.02. The number of carbonyl (C=O) groups is 1. The van der Waals surface area contributed by atoms with Crippen LogP contribution in [-0.4, -0.2) is 30.8 Å². The molecule has 98 valence electrons. The van der Waals surface area contributed by atoms with Gasteiger partial charge >= 0.3 is 0 Å². The van der Waals surface area contributed by atoms with Gasteiger partial charge in [-0.25, -0.2) is 0 Å². The zero-order chi connectivity index (χ0) is 13.0. The fraction of sp³-hybridized carbons (Fsp3) is 0.462. The molecule has 1 saturated heterocycles. The van der Waals surface area contributed by atoms with Crippen LogP contribution in [-0.2, 0) is 4.74 Å². The lowest BCUT2D eigenvalue weighted by atomic mass is 10.1. The van der Waals surface area contributed by atoms with Crippen molar-refractivity contribution in [3.05, 3.63) is 27.3 Å². The number of rotatable bonds is 4. The van der Waals surface area contributed by atoms with E-state index in [1.54, 1.807) is 12.1 Å². The van der Waals surface area contributed by atoms with E-state index in [0.29, 0.717) is 18.0 Å². The van der Waals surface area contributed by atoms with Crippen LogP contribution in [0.2, 0.25) is 0 Å². The lowest BCUT2D eigenvalue weighted by Gasteiger charge is -2.09. The number of ether oxygens (including phenoxy) is 1. The second kappa shape index (κ2) is 6.38. The quantitative estimate of drug-likeness (QED) is 0.809. The molecule has 1 unspecified atom stereocenters. The highest BCUT2D eigenvalue weighted by molar-refractivity contribution is 14.1. The first-order chi connectivity index (χ1) is 8.66. The topological polar surface area (TPSA) is 58.6 Å². The third-order valence-corrected chi connectivity index (χ3v) is 3.98. The molecule has 0 aromatic heterocycles. The van der Waals surface area contributed by atoms with E-state index in [1.165, 1.54) is 6.07 Å². The smallest absolute Gasteiger partial charge is 0.251 e. The number of benzene rings is 1. The predicted molar refractivity (Wildman–Crippen MR) is 76.7 cm³/mol. The van der Waals surface area contributed by atoms with E-state index >= 15 is 0 Å². The van der Waals surface area contributed by atoms with Crippen molar-refractivity contribution in [2.75, 3.05) is 19.8 Å². The average molecular weight is 361 g/mol. The van der Waals surface area contributed by atoms with Gasteiger partial charge in [-0.2, -0.15) is 0 Å². The normalized spacial score (nSPS) is 18.8. The summed E-state index contributed by atoms with van der Waals surface area (Å²) in [6.45, 7) is 2.30. The first-order valence-electron chi connectivity index (χ1n) is 6.01. The van der Waals surface area contributed by atoms with Gasteiger partial charge in [-0.1, -0.05) is 0 Å². The average Bonchev–Trinajstić information content (AvgIpc) is 2.85. The number of amides is 1. The Hall–Kier alpha value is -0.820. The minimum Gasteiger partial charge on any atom is -0.507 e. The number of carbonyl (C=O) groups excluding carboxylic acids is 1. The SMILES string of the molecule is O=C(NCCC1CCOC1)c1ccc(I)c(O)c1. The maximum atomic E-state index is 11.8. The van der Waals surface area contributed by atoms with Crippen molar-refractivity contribution in [3.63, 3.8) is 0 Å². The van der Waals surface area contributed by atoms with Crippen molar-refractivity contribution in [2.45, 2.75) is 12.8 Å². The van der Waals surface area contributed by atoms with Crippen LogP contribution in [0.25, 0.3) is 0 Å². The molecular weight excluding hydrogens is 345 g/mol. The molecule has 1 atom stereocenters. The first kappa shape index (κ1) is 13.6. The molecule has 0 bridgehead atoms. The number of aromatic hydroxyl groups is 1. The summed E-state index contributed by atoms with van der Waals surface area (Å²) in [4.78, 5) is 11.8. The zero-order valence-electron chi connectivity index (χ0n) is 9.99. The van der Waals surface area contributed by atoms with Gasteiger partial charge in [0.2, 0.25) is 0 Å². The molecule has 5 heteroatoms. The highest BCUT2D eigenvalue weighted by atomic mass is 127. The third-order valence-electron chi connectivity index (χ3n) is 3.07. The number of hydrogen-bond donors (Lipinski definition) is 2. The number of phenolic OH excluding ortho intramolecular Hbond substituents is 1. The van der Waals surface area contributed by atoms with Gasteiger partial charge in [0.25, 0.3) is 5.91 Å². The molecule has 0 spiro atoms. The highest BCUT2D eigenvalue weighted by Crippen LogP contribution is 2.20. The van der Waals surface area contributed by atoms with Crippen molar-refractivity contribution >= 4 is 28.5 Å². The van der Waals surface area contributed by atoms with Crippen LogP contribution in [0, 0.1) is 9.49 Å². The minimum absolute atomic E-state index is 0.138. The van der Waals surface area contributed by atoms with Crippen molar-refractivity contribution in [3.8, 4) is 5.75 Å². The molecule has 1 aromatic rings. The van der Waals surface area contributed by atoms with Crippen molar-refractivity contribution in [1.29, 1.82) is 0 Å². The number of halogens is 1. The van der Waals surface area contributed by atoms with E-state index < -0.39 is 0 Å². The van der Waals surface area contributed by atoms with Crippen molar-refractivity contribution in [1.82, 2.24) is 5.32 Å². The summed E-state index contributed by atoms with van der Waals surface area (Å²) in [5.74, 6) is 0.573. The molecule has 1 aliphatic heterocycles. The van der Waals surface area contributed by atoms with E-state index in [9.17, 15) is 9.90 Å². The Kier molecular flexibility index (Phi) is 4.82. The number of hydrogen-bond acceptors (Lipinski definition) is 3. The predicted octanol–water partition coefficient (Wildman–Crippen LogP) is 2.15. The van der Waals surface area contributed by atoms with Crippen LogP contribution in [0.1, 0.15) is 23.2 Å². The summed E-state index contributed by atoms with van der Waals surface area (Å²) in [5, 5.41) is 12.4. The number of phenols is 1. The van der Waals surface area contributed by atoms with E-state index in [1.807, 2.05) is 22.6 Å². The van der Waals surface area contributed by atoms with Crippen LogP contribution in [0.5, 0.6) is 5.75 Å². The fourth-order valence-electron chi connectivity index (χ4n) is 1.96. The maximum Gasteiger partial charge on any atom is 0.251 e. The molecule has 1 fully saturated rings. The summed E-state index contributed by atoms with van der Waals surface area (Å²) in [6, 6.07) is 4.95. The molecule has 18 heavy (non-hydrogen) atoms. The highest BCUT2D eigenvalue weighted by Gasteiger charge is 2.15. The van der Waals surface area contributed by atoms with Crippen LogP contribution >= 0.6 is 22.6 Å². The molecule has 1 aromatic carbocycles. The Morgan fingerprint density at radius 2 is 2.39 bits per heavy atom. The second-order valence-electron chi connectivity index (χ2n) is 4.44. The van der Waals surface area contributed by atoms with E-state index in [4.69, 9.17) is 4.74 Å². The van der Waals surface area contributed by atoms with Gasteiger partial charge in [-0.3, -0.25) is 4.79 Å². The maximum absolute atomic E-state index is 11.8. The fourth-order valence-corrected chi connectivity index (χ4v) is 2.29. The van der Waals surface area contributed by atoms with Crippen molar-refractivity contribution < 1.29 is 14.6 Å². The lowest BCUT2D eigenvalue weighted by molar-refractivity contribution is 0.0950. The van der Waals surface area contributed by atoms with Gasteiger partial charge < -0.3 is 15.2 Å². The van der Waals surface area contributed by atoms with Crippen LogP contribution in [0.4, 0.5) is 0 Å². The van der Waals surface area contributed by atoms with E-state index in [0.717, 1.165) is 29.6 Å². The Bertz CT molecular complexity index is 430. The summed E-state index contributed by atoms with van der Waals surface area (Å²) < 4.78 is 6.02. The summed E-state index contributed by atoms with van der Waals surface area (Å²) in [7, 11) is 0. The molecule has 1 heterocycles. The van der Waals surface area contributed by atoms with Gasteiger partial charge in [0.1, 0.15) is 5.75 Å². The molecule has 4 nitrogen and oxygen atoms in total. The first-order valence-corrected chi connectivity index (χ1v) is 7.09. The van der Waals surface area contributed by atoms with Gasteiger partial charge in [0, 0.05) is 25.3 Å². The molecule has 2 N–H and O–H groups in total. The molecule has 2 rings (SSSR count). The minimum atomic E-state index is -0.138. The molecule has 0 radical (unpaired) electrons. The lowest BCUT2D eigenvalue weighted by Crippen LogP contribution is -2.26. The molecule has 0 saturated carbocycles. The zero-order valence-corrected chi connectivity index (χ0v) is 12.1.